The molecule has 58 heavy (non-hydrogen) atoms. The van der Waals surface area contributed by atoms with Crippen molar-refractivity contribution in [2.24, 2.45) is 0 Å². The van der Waals surface area contributed by atoms with Crippen molar-refractivity contribution in [3.8, 4) is 11.5 Å². The minimum Gasteiger partial charge on any atom is -0.448 e. The molecule has 1 saturated carbocycles. The normalized spacial score (nSPS) is 16.3. The van der Waals surface area contributed by atoms with E-state index in [9.17, 15) is 22.0 Å². The highest BCUT2D eigenvalue weighted by Gasteiger charge is 2.64. The van der Waals surface area contributed by atoms with Crippen LogP contribution in [0.15, 0.2) is 63.8 Å². The van der Waals surface area contributed by atoms with Crippen LogP contribution in [0.25, 0.3) is 0 Å². The smallest absolute Gasteiger partial charge is 0.448 e. The first-order valence-electron chi connectivity index (χ1n) is 19.9. The molecule has 1 aliphatic carbocycles. The molecule has 0 saturated heterocycles. The van der Waals surface area contributed by atoms with Crippen LogP contribution in [0.3, 0.4) is 0 Å². The predicted molar refractivity (Wildman–Crippen MR) is 221 cm³/mol. The Morgan fingerprint density at radius 3 is 1.38 bits per heavy atom. The fraction of sp³-hybridized carbons (Fsp3) is 0.617. The van der Waals surface area contributed by atoms with Crippen molar-refractivity contribution < 1.29 is 40.3 Å². The van der Waals surface area contributed by atoms with E-state index in [1.165, 1.54) is 6.07 Å². The van der Waals surface area contributed by atoms with Gasteiger partial charge < -0.3 is 18.3 Å². The molecule has 2 aliphatic rings. The van der Waals surface area contributed by atoms with Crippen LogP contribution in [-0.4, -0.2) is 22.4 Å². The lowest BCUT2D eigenvalue weighted by atomic mass is 9.85. The minimum absolute atomic E-state index is 0.00347. The van der Waals surface area contributed by atoms with E-state index in [-0.39, 0.29) is 56.8 Å². The number of benzene rings is 2. The number of nitrogens with zero attached hydrogens (tertiary/aromatic N) is 2. The number of ether oxygens (including phenoxy) is 2. The Hall–Kier alpha value is -3.89. The van der Waals surface area contributed by atoms with Gasteiger partial charge >= 0.3 is 12.5 Å². The van der Waals surface area contributed by atoms with Crippen LogP contribution in [0.4, 0.5) is 22.0 Å². The Morgan fingerprint density at radius 2 is 1.03 bits per heavy atom. The molecule has 1 fully saturated rings. The third-order valence-electron chi connectivity index (χ3n) is 9.66. The predicted octanol–water partition coefficient (Wildman–Crippen LogP) is 14.4. The van der Waals surface area contributed by atoms with Gasteiger partial charge in [-0.2, -0.15) is 13.2 Å². The molecule has 2 aromatic heterocycles. The molecule has 6 rings (SSSR count). The van der Waals surface area contributed by atoms with Gasteiger partial charge in [0.2, 0.25) is 0 Å². The molecule has 324 valence electrons. The van der Waals surface area contributed by atoms with Gasteiger partial charge in [-0.25, -0.2) is 9.97 Å². The summed E-state index contributed by atoms with van der Waals surface area (Å²) in [5, 5.41) is 0. The SMILES string of the molecule is CC(C)(C)c1ccc(C2(C(F)(F)F)CC2)cc1.CC(C)(C)c1ccc2c(c1)OC(F)(F)O2.CC(C)(C)c1cnc(C(C)(C)C)o1.CC(C)(C)c1coc(C(C)(C)C)n1. The van der Waals surface area contributed by atoms with Gasteiger partial charge in [0.25, 0.3) is 0 Å². The number of halogens is 5. The van der Waals surface area contributed by atoms with Gasteiger partial charge in [0.05, 0.1) is 17.3 Å². The fourth-order valence-electron chi connectivity index (χ4n) is 5.50. The minimum atomic E-state index is -4.11. The molecule has 3 heterocycles. The van der Waals surface area contributed by atoms with E-state index >= 15 is 0 Å². The Morgan fingerprint density at radius 1 is 0.552 bits per heavy atom. The maximum absolute atomic E-state index is 12.9. The summed E-state index contributed by atoms with van der Waals surface area (Å²) in [6.45, 7) is 37.6. The molecule has 2 aromatic carbocycles. The van der Waals surface area contributed by atoms with Crippen molar-refractivity contribution in [3.63, 3.8) is 0 Å². The summed E-state index contributed by atoms with van der Waals surface area (Å²) >= 11 is 0. The van der Waals surface area contributed by atoms with Gasteiger partial charge in [0.15, 0.2) is 23.3 Å². The third kappa shape index (κ3) is 12.8. The zero-order valence-corrected chi connectivity index (χ0v) is 38.0. The van der Waals surface area contributed by atoms with E-state index in [2.05, 4.69) is 123 Å². The van der Waals surface area contributed by atoms with Crippen LogP contribution in [0.5, 0.6) is 11.5 Å². The topological polar surface area (TPSA) is 70.5 Å². The maximum atomic E-state index is 12.9. The van der Waals surface area contributed by atoms with Crippen molar-refractivity contribution >= 4 is 0 Å². The lowest BCUT2D eigenvalue weighted by Gasteiger charge is -2.22. The van der Waals surface area contributed by atoms with Gasteiger partial charge in [0, 0.05) is 21.7 Å². The Kier molecular flexibility index (Phi) is 13.6. The summed E-state index contributed by atoms with van der Waals surface area (Å²) in [6.07, 6.45) is -3.59. The first-order valence-corrected chi connectivity index (χ1v) is 19.9. The lowest BCUT2D eigenvalue weighted by molar-refractivity contribution is -0.286. The number of alkyl halides is 5. The van der Waals surface area contributed by atoms with Crippen molar-refractivity contribution in [1.82, 2.24) is 9.97 Å². The van der Waals surface area contributed by atoms with E-state index in [1.54, 1.807) is 30.5 Å². The van der Waals surface area contributed by atoms with Crippen LogP contribution < -0.4 is 9.47 Å². The summed E-state index contributed by atoms with van der Waals surface area (Å²) in [4.78, 5) is 8.77. The molecule has 11 heteroatoms. The number of fused-ring (bicyclic) bond motifs is 1. The van der Waals surface area contributed by atoms with Crippen LogP contribution in [0, 0.1) is 0 Å². The summed E-state index contributed by atoms with van der Waals surface area (Å²) in [5.41, 5.74) is 1.90. The number of aromatic nitrogens is 2. The molecule has 0 bridgehead atoms. The number of hydrogen-bond acceptors (Lipinski definition) is 6. The molecule has 0 N–H and O–H groups in total. The monoisotopic (exact) mass is 819 g/mol. The van der Waals surface area contributed by atoms with Gasteiger partial charge in [-0.15, -0.1) is 8.78 Å². The molecular weight excluding hydrogens is 752 g/mol. The fourth-order valence-corrected chi connectivity index (χ4v) is 5.50. The largest absolute Gasteiger partial charge is 0.586 e. The summed E-state index contributed by atoms with van der Waals surface area (Å²) in [6, 6.07) is 11.8. The van der Waals surface area contributed by atoms with E-state index in [1.807, 2.05) is 39.1 Å². The molecule has 0 radical (unpaired) electrons. The molecule has 0 atom stereocenters. The zero-order chi connectivity index (χ0) is 44.7. The molecule has 0 unspecified atom stereocenters. The second-order valence-corrected chi connectivity index (χ2v) is 21.6. The Labute approximate surface area is 343 Å². The Balaban J connectivity index is 0.000000208. The molecule has 4 aromatic rings. The van der Waals surface area contributed by atoms with Crippen LogP contribution in [0.2, 0.25) is 0 Å². The molecule has 0 spiro atoms. The van der Waals surface area contributed by atoms with Crippen molar-refractivity contribution in [1.29, 1.82) is 0 Å². The van der Waals surface area contributed by atoms with Crippen molar-refractivity contribution in [2.45, 2.75) is 188 Å². The van der Waals surface area contributed by atoms with E-state index < -0.39 is 17.9 Å². The molecule has 6 nitrogen and oxygen atoms in total. The highest BCUT2D eigenvalue weighted by atomic mass is 19.4. The second kappa shape index (κ2) is 16.3. The quantitative estimate of drug-likeness (QED) is 0.178. The van der Waals surface area contributed by atoms with Gasteiger partial charge in [-0.3, -0.25) is 0 Å². The summed E-state index contributed by atoms with van der Waals surface area (Å²) in [7, 11) is 0. The number of rotatable bonds is 1. The third-order valence-corrected chi connectivity index (χ3v) is 9.66. The highest BCUT2D eigenvalue weighted by Crippen LogP contribution is 2.59. The average Bonchev–Trinajstić information content (AvgIpc) is 3.36. The first kappa shape index (κ1) is 48.5. The van der Waals surface area contributed by atoms with E-state index in [4.69, 9.17) is 8.83 Å². The highest BCUT2D eigenvalue weighted by molar-refractivity contribution is 5.46. The molecular formula is C47H67F5N2O4. The van der Waals surface area contributed by atoms with E-state index in [0.29, 0.717) is 5.56 Å². The van der Waals surface area contributed by atoms with Crippen LogP contribution >= 0.6 is 0 Å². The number of hydrogen-bond donors (Lipinski definition) is 0. The van der Waals surface area contributed by atoms with E-state index in [0.717, 1.165) is 34.4 Å². The first-order chi connectivity index (χ1) is 25.9. The molecule has 0 amide bonds. The summed E-state index contributed by atoms with van der Waals surface area (Å²) in [5.74, 6) is 2.78. The Bertz CT molecular complexity index is 1830. The van der Waals surface area contributed by atoms with Gasteiger partial charge in [-0.05, 0) is 52.5 Å². The molecule has 1 aliphatic heterocycles. The van der Waals surface area contributed by atoms with Gasteiger partial charge in [0.1, 0.15) is 12.0 Å². The second-order valence-electron chi connectivity index (χ2n) is 21.6. The standard InChI is InChI=1S/C14H17F3.C11H12F2O2.2C11H19NO/c1-12(2,3)10-4-6-11(7-5-10)13(8-9-13)14(15,16)17;1-10(2,3)7-4-5-8-9(6-7)15-11(12,13)14-8;1-10(2,3)8-7-13-9(12-8)11(4,5)6;1-10(2,3)8-7-12-9(13-8)11(4,5)6/h4-7H,8-9H2,1-3H3;4-6H,1-3H3;2*7H,1-6H3. The van der Waals surface area contributed by atoms with Crippen LogP contribution in [-0.2, 0) is 37.9 Å². The van der Waals surface area contributed by atoms with Crippen LogP contribution in [0.1, 0.15) is 177 Å². The average molecular weight is 819 g/mol. The number of oxazole rings is 2. The summed E-state index contributed by atoms with van der Waals surface area (Å²) < 4.78 is 84.0. The lowest BCUT2D eigenvalue weighted by Crippen LogP contribution is -2.28. The van der Waals surface area contributed by atoms with Crippen molar-refractivity contribution in [3.05, 3.63) is 94.9 Å². The van der Waals surface area contributed by atoms with Crippen molar-refractivity contribution in [2.75, 3.05) is 0 Å². The van der Waals surface area contributed by atoms with Gasteiger partial charge in [-0.1, -0.05) is 155 Å². The zero-order valence-electron chi connectivity index (χ0n) is 38.0. The maximum Gasteiger partial charge on any atom is 0.586 e.